The van der Waals surface area contributed by atoms with Crippen LogP contribution in [0.2, 0.25) is 0 Å². The normalized spacial score (nSPS) is 30.2. The van der Waals surface area contributed by atoms with Gasteiger partial charge in [-0.2, -0.15) is 0 Å². The Kier molecular flexibility index (Phi) is 8.16. The van der Waals surface area contributed by atoms with Crippen LogP contribution in [0.3, 0.4) is 0 Å². The van der Waals surface area contributed by atoms with E-state index in [0.29, 0.717) is 13.2 Å². The highest BCUT2D eigenvalue weighted by molar-refractivity contribution is 5.68. The van der Waals surface area contributed by atoms with Crippen LogP contribution in [0.15, 0.2) is 0 Å². The zero-order valence-electron chi connectivity index (χ0n) is 17.7. The van der Waals surface area contributed by atoms with E-state index >= 15 is 0 Å². The summed E-state index contributed by atoms with van der Waals surface area (Å²) >= 11 is 0. The first-order chi connectivity index (χ1) is 14.0. The Labute approximate surface area is 174 Å². The highest BCUT2D eigenvalue weighted by Gasteiger charge is 2.54. The average Bonchev–Trinajstić information content (AvgIpc) is 3.03. The number of carbonyl (C=O) groups excluding carboxylic acids is 4. The SMILES string of the molecule is CC(=O)OC[C@H]1O[C@@H](CC2(C)OCCO2)[C@H](OC(C)=O)[C@@H](OC(C)=O)[C@H]1OC(C)=O. The van der Waals surface area contributed by atoms with E-state index in [4.69, 9.17) is 33.2 Å². The molecule has 2 fully saturated rings. The van der Waals surface area contributed by atoms with Gasteiger partial charge < -0.3 is 33.2 Å². The van der Waals surface area contributed by atoms with Gasteiger partial charge in [0.1, 0.15) is 18.8 Å². The zero-order valence-corrected chi connectivity index (χ0v) is 17.7. The van der Waals surface area contributed by atoms with Gasteiger partial charge in [0.2, 0.25) is 0 Å². The second-order valence-corrected chi connectivity index (χ2v) is 7.27. The third-order valence-corrected chi connectivity index (χ3v) is 4.56. The quantitative estimate of drug-likeness (QED) is 0.405. The standard InChI is InChI=1S/C19H28O11/c1-10(20)24-9-15-17(28-12(3)22)18(29-13(4)23)16(27-11(2)21)14(30-15)8-19(5)25-6-7-26-19/h14-18H,6-9H2,1-5H3/t14-,15+,16-,17-,18+/m0/s1. The molecule has 2 rings (SSSR count). The lowest BCUT2D eigenvalue weighted by atomic mass is 9.90. The van der Waals surface area contributed by atoms with Crippen molar-refractivity contribution in [2.24, 2.45) is 0 Å². The monoisotopic (exact) mass is 432 g/mol. The molecule has 2 saturated heterocycles. The van der Waals surface area contributed by atoms with Gasteiger partial charge in [-0.25, -0.2) is 0 Å². The molecule has 11 heteroatoms. The molecule has 0 amide bonds. The van der Waals surface area contributed by atoms with Gasteiger partial charge >= 0.3 is 23.9 Å². The number of ether oxygens (including phenoxy) is 7. The van der Waals surface area contributed by atoms with E-state index in [9.17, 15) is 19.2 Å². The van der Waals surface area contributed by atoms with E-state index in [1.54, 1.807) is 6.92 Å². The number of rotatable bonds is 7. The molecule has 2 aliphatic heterocycles. The molecule has 170 valence electrons. The summed E-state index contributed by atoms with van der Waals surface area (Å²) in [6.07, 6.45) is -5.22. The van der Waals surface area contributed by atoms with Crippen molar-refractivity contribution in [3.8, 4) is 0 Å². The van der Waals surface area contributed by atoms with E-state index in [-0.39, 0.29) is 13.0 Å². The number of hydrogen-bond donors (Lipinski definition) is 0. The van der Waals surface area contributed by atoms with Crippen LogP contribution in [-0.4, -0.2) is 80.0 Å². The Morgan fingerprint density at radius 3 is 1.70 bits per heavy atom. The summed E-state index contributed by atoms with van der Waals surface area (Å²) in [4.78, 5) is 46.6. The Balaban J connectivity index is 2.39. The molecule has 0 aromatic rings. The minimum Gasteiger partial charge on any atom is -0.463 e. The lowest BCUT2D eigenvalue weighted by molar-refractivity contribution is -0.269. The van der Waals surface area contributed by atoms with Crippen molar-refractivity contribution in [1.29, 1.82) is 0 Å². The van der Waals surface area contributed by atoms with Crippen molar-refractivity contribution in [1.82, 2.24) is 0 Å². The summed E-state index contributed by atoms with van der Waals surface area (Å²) in [5.41, 5.74) is 0. The molecule has 30 heavy (non-hydrogen) atoms. The van der Waals surface area contributed by atoms with Crippen LogP contribution in [-0.2, 0) is 52.3 Å². The van der Waals surface area contributed by atoms with Gasteiger partial charge in [-0.3, -0.25) is 19.2 Å². The van der Waals surface area contributed by atoms with Crippen LogP contribution in [0.4, 0.5) is 0 Å². The predicted octanol–water partition coefficient (Wildman–Crippen LogP) is 0.265. The van der Waals surface area contributed by atoms with Crippen molar-refractivity contribution < 1.29 is 52.3 Å². The second kappa shape index (κ2) is 10.2. The molecular formula is C19H28O11. The predicted molar refractivity (Wildman–Crippen MR) is 96.9 cm³/mol. The average molecular weight is 432 g/mol. The van der Waals surface area contributed by atoms with E-state index < -0.39 is 60.2 Å². The largest absolute Gasteiger partial charge is 0.463 e. The van der Waals surface area contributed by atoms with Gasteiger partial charge in [0.15, 0.2) is 24.1 Å². The molecule has 0 aromatic heterocycles. The molecule has 0 aliphatic carbocycles. The lowest BCUT2D eigenvalue weighted by Crippen LogP contribution is -2.63. The fourth-order valence-electron chi connectivity index (χ4n) is 3.52. The summed E-state index contributed by atoms with van der Waals surface area (Å²) in [6, 6.07) is 0. The topological polar surface area (TPSA) is 133 Å². The van der Waals surface area contributed by atoms with Crippen LogP contribution in [0.5, 0.6) is 0 Å². The van der Waals surface area contributed by atoms with Crippen LogP contribution in [0.25, 0.3) is 0 Å². The summed E-state index contributed by atoms with van der Waals surface area (Å²) in [5.74, 6) is -3.60. The number of hydrogen-bond acceptors (Lipinski definition) is 11. The van der Waals surface area contributed by atoms with E-state index in [1.807, 2.05) is 0 Å². The third kappa shape index (κ3) is 6.64. The molecule has 0 saturated carbocycles. The Morgan fingerprint density at radius 2 is 1.23 bits per heavy atom. The molecule has 0 spiro atoms. The van der Waals surface area contributed by atoms with Crippen LogP contribution >= 0.6 is 0 Å². The molecule has 0 unspecified atom stereocenters. The minimum absolute atomic E-state index is 0.117. The van der Waals surface area contributed by atoms with Crippen molar-refractivity contribution in [2.45, 2.75) is 77.3 Å². The maximum absolute atomic E-state index is 11.8. The number of carbonyl (C=O) groups is 4. The molecule has 0 aromatic carbocycles. The smallest absolute Gasteiger partial charge is 0.303 e. The fourth-order valence-corrected chi connectivity index (χ4v) is 3.52. The summed E-state index contributed by atoms with van der Waals surface area (Å²) in [6.45, 7) is 6.93. The first-order valence-corrected chi connectivity index (χ1v) is 9.59. The molecule has 2 heterocycles. The molecular weight excluding hydrogens is 404 g/mol. The van der Waals surface area contributed by atoms with E-state index in [2.05, 4.69) is 0 Å². The molecule has 5 atom stereocenters. The summed E-state index contributed by atoms with van der Waals surface area (Å²) in [7, 11) is 0. The van der Waals surface area contributed by atoms with Crippen LogP contribution in [0.1, 0.15) is 41.0 Å². The molecule has 0 radical (unpaired) electrons. The maximum atomic E-state index is 11.8. The minimum atomic E-state index is -1.19. The van der Waals surface area contributed by atoms with Crippen molar-refractivity contribution in [2.75, 3.05) is 19.8 Å². The first kappa shape index (κ1) is 24.0. The fraction of sp³-hybridized carbons (Fsp3) is 0.789. The highest BCUT2D eigenvalue weighted by Crippen LogP contribution is 2.35. The van der Waals surface area contributed by atoms with Gasteiger partial charge in [0.25, 0.3) is 0 Å². The van der Waals surface area contributed by atoms with Gasteiger partial charge in [-0.1, -0.05) is 0 Å². The molecule has 11 nitrogen and oxygen atoms in total. The lowest BCUT2D eigenvalue weighted by Gasteiger charge is -2.45. The Bertz CT molecular complexity index is 655. The van der Waals surface area contributed by atoms with Gasteiger partial charge in [0, 0.05) is 34.1 Å². The van der Waals surface area contributed by atoms with Crippen LogP contribution < -0.4 is 0 Å². The molecule has 0 bridgehead atoms. The molecule has 0 N–H and O–H groups in total. The first-order valence-electron chi connectivity index (χ1n) is 9.59. The second-order valence-electron chi connectivity index (χ2n) is 7.27. The van der Waals surface area contributed by atoms with E-state index in [0.717, 1.165) is 0 Å². The van der Waals surface area contributed by atoms with Gasteiger partial charge in [-0.15, -0.1) is 0 Å². The van der Waals surface area contributed by atoms with Crippen molar-refractivity contribution in [3.05, 3.63) is 0 Å². The molecule has 2 aliphatic rings. The summed E-state index contributed by atoms with van der Waals surface area (Å²) in [5, 5.41) is 0. The zero-order chi connectivity index (χ0) is 22.5. The maximum Gasteiger partial charge on any atom is 0.303 e. The van der Waals surface area contributed by atoms with Crippen molar-refractivity contribution in [3.63, 3.8) is 0 Å². The third-order valence-electron chi connectivity index (χ3n) is 4.56. The van der Waals surface area contributed by atoms with Crippen LogP contribution in [0, 0.1) is 0 Å². The Morgan fingerprint density at radius 1 is 0.767 bits per heavy atom. The Hall–Kier alpha value is -2.24. The van der Waals surface area contributed by atoms with Gasteiger partial charge in [0.05, 0.1) is 13.2 Å². The van der Waals surface area contributed by atoms with Crippen molar-refractivity contribution >= 4 is 23.9 Å². The number of esters is 4. The highest BCUT2D eigenvalue weighted by atomic mass is 16.7. The summed E-state index contributed by atoms with van der Waals surface area (Å²) < 4.78 is 38.4. The van der Waals surface area contributed by atoms with E-state index in [1.165, 1.54) is 27.7 Å². The van der Waals surface area contributed by atoms with Gasteiger partial charge in [-0.05, 0) is 6.92 Å².